The molecule has 160 valence electrons. The van der Waals surface area contributed by atoms with E-state index in [-0.39, 0.29) is 28.9 Å². The fraction of sp³-hybridized carbons (Fsp3) is 0.524. The molecule has 3 amide bonds. The van der Waals surface area contributed by atoms with Crippen molar-refractivity contribution in [2.75, 3.05) is 12.4 Å². The number of ketones is 1. The molecule has 4 N–H and O–H groups in total. The van der Waals surface area contributed by atoms with E-state index >= 15 is 0 Å². The number of fused-ring (bicyclic) bond motifs is 1. The number of carbonyl (C=O) groups is 3. The molecule has 2 fully saturated rings. The molecule has 1 unspecified atom stereocenters. The molecule has 9 heteroatoms. The number of hydrazone groups is 1. The van der Waals surface area contributed by atoms with Gasteiger partial charge in [-0.15, -0.1) is 11.8 Å². The number of aryl methyl sites for hydroxylation is 1. The van der Waals surface area contributed by atoms with Crippen LogP contribution in [0.3, 0.4) is 0 Å². The van der Waals surface area contributed by atoms with Crippen LogP contribution in [0.2, 0.25) is 0 Å². The van der Waals surface area contributed by atoms with Crippen LogP contribution in [0.5, 0.6) is 0 Å². The fourth-order valence-corrected chi connectivity index (χ4v) is 5.87. The smallest absolute Gasteiger partial charge is 0.332 e. The summed E-state index contributed by atoms with van der Waals surface area (Å²) in [5, 5.41) is 6.69. The second kappa shape index (κ2) is 9.18. The number of thioether (sulfide) groups is 1. The van der Waals surface area contributed by atoms with E-state index in [1.54, 1.807) is 11.1 Å². The number of nitrogens with two attached hydrogens (primary N) is 1. The highest BCUT2D eigenvalue weighted by molar-refractivity contribution is 8.00. The van der Waals surface area contributed by atoms with Crippen molar-refractivity contribution in [3.63, 3.8) is 0 Å². The number of Topliss-reactive ketones (excluding diaryl/α,β-unsaturated/α-hetero) is 1. The van der Waals surface area contributed by atoms with E-state index in [0.29, 0.717) is 12.4 Å². The van der Waals surface area contributed by atoms with E-state index < -0.39 is 12.1 Å². The monoisotopic (exact) mass is 429 g/mol. The van der Waals surface area contributed by atoms with Crippen LogP contribution in [0.4, 0.5) is 4.79 Å². The van der Waals surface area contributed by atoms with Gasteiger partial charge in [-0.2, -0.15) is 5.10 Å². The Labute approximate surface area is 180 Å². The first kappa shape index (κ1) is 20.9. The molecule has 4 rings (SSSR count). The third-order valence-corrected chi connectivity index (χ3v) is 7.37. The minimum Gasteiger partial charge on any atom is -0.350 e. The van der Waals surface area contributed by atoms with Crippen molar-refractivity contribution in [2.45, 2.75) is 49.4 Å². The fourth-order valence-electron chi connectivity index (χ4n) is 4.65. The Bertz CT molecular complexity index is 861. The molecule has 8 nitrogen and oxygen atoms in total. The van der Waals surface area contributed by atoms with Gasteiger partial charge >= 0.3 is 6.03 Å². The Balaban J connectivity index is 1.43. The summed E-state index contributed by atoms with van der Waals surface area (Å²) in [6.45, 7) is 0.618. The van der Waals surface area contributed by atoms with Crippen LogP contribution in [-0.4, -0.2) is 58.6 Å². The Hall–Kier alpha value is -2.39. The molecular formula is C21H27N5O3S. The number of carbonyl (C=O) groups excluding carboxylic acids is 3. The van der Waals surface area contributed by atoms with Gasteiger partial charge in [0.15, 0.2) is 5.78 Å². The molecule has 2 aliphatic heterocycles. The van der Waals surface area contributed by atoms with Crippen LogP contribution in [0.25, 0.3) is 0 Å². The molecule has 0 spiro atoms. The number of nitrogens with one attached hydrogen (secondary N) is 2. The van der Waals surface area contributed by atoms with Crippen molar-refractivity contribution in [3.05, 3.63) is 35.4 Å². The van der Waals surface area contributed by atoms with Gasteiger partial charge in [0, 0.05) is 24.6 Å². The van der Waals surface area contributed by atoms with Gasteiger partial charge in [-0.3, -0.25) is 14.9 Å². The van der Waals surface area contributed by atoms with Crippen molar-refractivity contribution < 1.29 is 14.4 Å². The second-order valence-electron chi connectivity index (χ2n) is 8.02. The van der Waals surface area contributed by atoms with Crippen LogP contribution in [0, 0.1) is 5.92 Å². The Morgan fingerprint density at radius 1 is 1.23 bits per heavy atom. The number of urea groups is 1. The maximum atomic E-state index is 13.3. The SMILES string of the molecule is NC(=O)NN=C[C@@H]1CCCN1C(=O)[C@H]1NCSC1C(=O)[C@H]1CCc2ccccc2C1. The zero-order valence-corrected chi connectivity index (χ0v) is 17.6. The molecule has 1 aromatic rings. The summed E-state index contributed by atoms with van der Waals surface area (Å²) in [6.07, 6.45) is 5.68. The highest BCUT2D eigenvalue weighted by atomic mass is 32.2. The third-order valence-electron chi connectivity index (χ3n) is 6.17. The number of likely N-dealkylation sites (tertiary alicyclic amines) is 1. The Morgan fingerprint density at radius 3 is 2.83 bits per heavy atom. The second-order valence-corrected chi connectivity index (χ2v) is 9.15. The first-order valence-electron chi connectivity index (χ1n) is 10.4. The van der Waals surface area contributed by atoms with Gasteiger partial charge in [0.1, 0.15) is 6.04 Å². The minimum absolute atomic E-state index is 0.0386. The van der Waals surface area contributed by atoms with E-state index in [2.05, 4.69) is 28.0 Å². The van der Waals surface area contributed by atoms with Crippen LogP contribution >= 0.6 is 11.8 Å². The van der Waals surface area contributed by atoms with Crippen molar-refractivity contribution >= 4 is 35.7 Å². The summed E-state index contributed by atoms with van der Waals surface area (Å²) in [4.78, 5) is 39.2. The molecule has 2 heterocycles. The molecule has 30 heavy (non-hydrogen) atoms. The summed E-state index contributed by atoms with van der Waals surface area (Å²) in [5.74, 6) is 0.662. The van der Waals surface area contributed by atoms with Gasteiger partial charge in [0.25, 0.3) is 0 Å². The first-order chi connectivity index (χ1) is 14.5. The summed E-state index contributed by atoms with van der Waals surface area (Å²) < 4.78 is 0. The van der Waals surface area contributed by atoms with Crippen molar-refractivity contribution in [3.8, 4) is 0 Å². The number of hydrogen-bond acceptors (Lipinski definition) is 6. The third kappa shape index (κ3) is 4.37. The normalized spacial score (nSPS) is 28.5. The number of rotatable bonds is 5. The molecule has 2 saturated heterocycles. The quantitative estimate of drug-likeness (QED) is 0.478. The van der Waals surface area contributed by atoms with E-state index in [0.717, 1.165) is 32.1 Å². The van der Waals surface area contributed by atoms with Crippen LogP contribution in [0.15, 0.2) is 29.4 Å². The predicted octanol–water partition coefficient (Wildman–Crippen LogP) is 1.04. The summed E-state index contributed by atoms with van der Waals surface area (Å²) in [7, 11) is 0. The molecule has 3 aliphatic rings. The molecule has 0 saturated carbocycles. The number of nitrogens with zero attached hydrogens (tertiary/aromatic N) is 2. The Kier molecular flexibility index (Phi) is 6.38. The van der Waals surface area contributed by atoms with E-state index in [1.807, 2.05) is 12.1 Å². The van der Waals surface area contributed by atoms with Gasteiger partial charge in [0.05, 0.1) is 11.3 Å². The van der Waals surface area contributed by atoms with Gasteiger partial charge in [-0.25, -0.2) is 10.2 Å². The minimum atomic E-state index is -0.740. The standard InChI is InChI=1S/C21H27N5O3S/c22-21(29)25-24-11-16-6-3-9-26(16)20(28)17-19(30-12-23-17)18(27)15-8-7-13-4-1-2-5-14(13)10-15/h1-2,4-5,11,15-17,19,23H,3,6-10,12H2,(H3,22,25,29)/t15-,16-,17-,19?/m0/s1. The number of amides is 3. The lowest BCUT2D eigenvalue weighted by atomic mass is 9.80. The topological polar surface area (TPSA) is 117 Å². The van der Waals surface area contributed by atoms with E-state index in [1.165, 1.54) is 22.9 Å². The largest absolute Gasteiger partial charge is 0.350 e. The average Bonchev–Trinajstić information content (AvgIpc) is 3.42. The zero-order valence-electron chi connectivity index (χ0n) is 16.8. The molecule has 1 aromatic carbocycles. The van der Waals surface area contributed by atoms with Gasteiger partial charge < -0.3 is 10.6 Å². The molecule has 4 atom stereocenters. The molecule has 0 bridgehead atoms. The summed E-state index contributed by atoms with van der Waals surface area (Å²) >= 11 is 1.53. The van der Waals surface area contributed by atoms with Crippen LogP contribution < -0.4 is 16.5 Å². The maximum Gasteiger partial charge on any atom is 0.332 e. The summed E-state index contributed by atoms with van der Waals surface area (Å²) in [5.41, 5.74) is 9.78. The van der Waals surface area contributed by atoms with Crippen molar-refractivity contribution in [1.29, 1.82) is 0 Å². The zero-order chi connectivity index (χ0) is 21.1. The maximum absolute atomic E-state index is 13.3. The molecule has 0 radical (unpaired) electrons. The van der Waals surface area contributed by atoms with Gasteiger partial charge in [0.2, 0.25) is 5.91 Å². The molecule has 0 aromatic heterocycles. The van der Waals surface area contributed by atoms with Crippen molar-refractivity contribution in [1.82, 2.24) is 15.6 Å². The lowest BCUT2D eigenvalue weighted by Crippen LogP contribution is -2.52. The first-order valence-corrected chi connectivity index (χ1v) is 11.4. The lowest BCUT2D eigenvalue weighted by molar-refractivity contribution is -0.135. The number of benzene rings is 1. The highest BCUT2D eigenvalue weighted by Crippen LogP contribution is 2.33. The number of hydrogen-bond donors (Lipinski definition) is 3. The molecule has 1 aliphatic carbocycles. The predicted molar refractivity (Wildman–Crippen MR) is 116 cm³/mol. The highest BCUT2D eigenvalue weighted by Gasteiger charge is 2.44. The summed E-state index contributed by atoms with van der Waals surface area (Å²) in [6, 6.07) is 6.84. The van der Waals surface area contributed by atoms with E-state index in [9.17, 15) is 14.4 Å². The van der Waals surface area contributed by atoms with Crippen LogP contribution in [-0.2, 0) is 22.4 Å². The average molecular weight is 430 g/mol. The lowest BCUT2D eigenvalue weighted by Gasteiger charge is -2.30. The van der Waals surface area contributed by atoms with Crippen molar-refractivity contribution in [2.24, 2.45) is 16.8 Å². The van der Waals surface area contributed by atoms with Crippen LogP contribution in [0.1, 0.15) is 30.4 Å². The van der Waals surface area contributed by atoms with Gasteiger partial charge in [-0.05, 0) is 43.2 Å². The van der Waals surface area contributed by atoms with Gasteiger partial charge in [-0.1, -0.05) is 24.3 Å². The van der Waals surface area contributed by atoms with E-state index in [4.69, 9.17) is 5.73 Å². The number of primary amides is 1. The molecular weight excluding hydrogens is 402 g/mol. The Morgan fingerprint density at radius 2 is 2.03 bits per heavy atom.